The predicted molar refractivity (Wildman–Crippen MR) is 71.4 cm³/mol. The molecule has 1 aliphatic rings. The molecule has 0 aliphatic carbocycles. The van der Waals surface area contributed by atoms with Crippen LogP contribution >= 0.6 is 0 Å². The van der Waals surface area contributed by atoms with E-state index < -0.39 is 10.0 Å². The lowest BCUT2D eigenvalue weighted by molar-refractivity contribution is 0.192. The number of aryl methyl sites for hydroxylation is 1. The molecule has 1 saturated heterocycles. The van der Waals surface area contributed by atoms with Crippen molar-refractivity contribution in [2.24, 2.45) is 0 Å². The van der Waals surface area contributed by atoms with Gasteiger partial charge in [-0.2, -0.15) is 0 Å². The summed E-state index contributed by atoms with van der Waals surface area (Å²) in [5.41, 5.74) is 1.03. The van der Waals surface area contributed by atoms with E-state index in [0.717, 1.165) is 12.0 Å². The smallest absolute Gasteiger partial charge is 0.240 e. The second kappa shape index (κ2) is 6.47. The third-order valence-corrected chi connectivity index (χ3v) is 4.65. The van der Waals surface area contributed by atoms with E-state index in [-0.39, 0.29) is 17.5 Å². The summed E-state index contributed by atoms with van der Waals surface area (Å²) in [7, 11) is -3.46. The maximum Gasteiger partial charge on any atom is 0.240 e. The molecule has 0 radical (unpaired) electrons. The zero-order chi connectivity index (χ0) is 13.7. The standard InChI is InChI=1S/C13H19NO4S/c15-8-1-2-11-3-5-13(6-4-11)19(16,17)14-12-7-9-18-10-12/h3-6,12,14-15H,1-2,7-10H2. The van der Waals surface area contributed by atoms with Gasteiger partial charge in [0.1, 0.15) is 0 Å². The monoisotopic (exact) mass is 285 g/mol. The van der Waals surface area contributed by atoms with Crippen LogP contribution in [-0.4, -0.2) is 39.4 Å². The zero-order valence-corrected chi connectivity index (χ0v) is 11.5. The molecule has 2 rings (SSSR count). The van der Waals surface area contributed by atoms with Crippen molar-refractivity contribution in [1.82, 2.24) is 4.72 Å². The first kappa shape index (κ1) is 14.5. The number of aliphatic hydroxyl groups is 1. The van der Waals surface area contributed by atoms with Gasteiger partial charge in [0.2, 0.25) is 10.0 Å². The van der Waals surface area contributed by atoms with E-state index in [0.29, 0.717) is 26.1 Å². The molecule has 0 aromatic heterocycles. The maximum absolute atomic E-state index is 12.1. The number of ether oxygens (including phenoxy) is 1. The lowest BCUT2D eigenvalue weighted by Crippen LogP contribution is -2.34. The third kappa shape index (κ3) is 4.01. The van der Waals surface area contributed by atoms with Crippen molar-refractivity contribution in [3.8, 4) is 0 Å². The Morgan fingerprint density at radius 1 is 1.32 bits per heavy atom. The van der Waals surface area contributed by atoms with E-state index in [9.17, 15) is 8.42 Å². The van der Waals surface area contributed by atoms with Crippen molar-refractivity contribution in [1.29, 1.82) is 0 Å². The molecule has 6 heteroatoms. The summed E-state index contributed by atoms with van der Waals surface area (Å²) in [5.74, 6) is 0. The van der Waals surface area contributed by atoms with Gasteiger partial charge in [0, 0.05) is 19.3 Å². The Hall–Kier alpha value is -0.950. The topological polar surface area (TPSA) is 75.6 Å². The summed E-state index contributed by atoms with van der Waals surface area (Å²) in [5, 5.41) is 8.75. The molecule has 1 heterocycles. The molecule has 5 nitrogen and oxygen atoms in total. The summed E-state index contributed by atoms with van der Waals surface area (Å²) in [4.78, 5) is 0.271. The Kier molecular flexibility index (Phi) is 4.93. The fourth-order valence-corrected chi connectivity index (χ4v) is 3.29. The fraction of sp³-hybridized carbons (Fsp3) is 0.538. The van der Waals surface area contributed by atoms with E-state index in [1.807, 2.05) is 0 Å². The number of hydrogen-bond donors (Lipinski definition) is 2. The van der Waals surface area contributed by atoms with Crippen molar-refractivity contribution in [2.45, 2.75) is 30.2 Å². The summed E-state index contributed by atoms with van der Waals surface area (Å²) in [6, 6.07) is 6.65. The highest BCUT2D eigenvalue weighted by Crippen LogP contribution is 2.14. The largest absolute Gasteiger partial charge is 0.396 e. The minimum absolute atomic E-state index is 0.126. The Morgan fingerprint density at radius 2 is 2.05 bits per heavy atom. The molecule has 1 atom stereocenters. The lowest BCUT2D eigenvalue weighted by atomic mass is 10.1. The predicted octanol–water partition coefficient (Wildman–Crippen LogP) is 0.679. The Morgan fingerprint density at radius 3 is 2.63 bits per heavy atom. The molecule has 0 bridgehead atoms. The van der Waals surface area contributed by atoms with Crippen LogP contribution in [0.4, 0.5) is 0 Å². The van der Waals surface area contributed by atoms with Crippen molar-refractivity contribution < 1.29 is 18.3 Å². The molecule has 1 unspecified atom stereocenters. The molecular weight excluding hydrogens is 266 g/mol. The molecular formula is C13H19NO4S. The van der Waals surface area contributed by atoms with Crippen LogP contribution in [0.25, 0.3) is 0 Å². The molecule has 1 aromatic carbocycles. The van der Waals surface area contributed by atoms with Crippen molar-refractivity contribution in [2.75, 3.05) is 19.8 Å². The van der Waals surface area contributed by atoms with Gasteiger partial charge in [0.05, 0.1) is 11.5 Å². The minimum Gasteiger partial charge on any atom is -0.396 e. The minimum atomic E-state index is -3.46. The van der Waals surface area contributed by atoms with E-state index in [1.54, 1.807) is 24.3 Å². The maximum atomic E-state index is 12.1. The highest BCUT2D eigenvalue weighted by Gasteiger charge is 2.23. The molecule has 1 aromatic rings. The average Bonchev–Trinajstić information content (AvgIpc) is 2.89. The first-order valence-corrected chi connectivity index (χ1v) is 7.90. The molecule has 0 spiro atoms. The SMILES string of the molecule is O=S(=O)(NC1CCOC1)c1ccc(CCCO)cc1. The number of aliphatic hydroxyl groups excluding tert-OH is 1. The van der Waals surface area contributed by atoms with Crippen LogP contribution in [0, 0.1) is 0 Å². The van der Waals surface area contributed by atoms with Crippen LogP contribution in [0.5, 0.6) is 0 Å². The van der Waals surface area contributed by atoms with Crippen LogP contribution in [0.2, 0.25) is 0 Å². The Bertz CT molecular complexity index is 492. The highest BCUT2D eigenvalue weighted by molar-refractivity contribution is 7.89. The van der Waals surface area contributed by atoms with Crippen molar-refractivity contribution >= 4 is 10.0 Å². The molecule has 2 N–H and O–H groups in total. The van der Waals surface area contributed by atoms with Crippen LogP contribution in [0.15, 0.2) is 29.2 Å². The van der Waals surface area contributed by atoms with Crippen LogP contribution in [0.1, 0.15) is 18.4 Å². The van der Waals surface area contributed by atoms with E-state index in [1.165, 1.54) is 0 Å². The summed E-state index contributed by atoms with van der Waals surface area (Å²) in [6.45, 7) is 1.18. The van der Waals surface area contributed by atoms with E-state index in [2.05, 4.69) is 4.72 Å². The zero-order valence-electron chi connectivity index (χ0n) is 10.7. The third-order valence-electron chi connectivity index (χ3n) is 3.11. The van der Waals surface area contributed by atoms with Crippen LogP contribution < -0.4 is 4.72 Å². The van der Waals surface area contributed by atoms with Gasteiger partial charge in [-0.05, 0) is 37.0 Å². The number of benzene rings is 1. The highest BCUT2D eigenvalue weighted by atomic mass is 32.2. The van der Waals surface area contributed by atoms with Gasteiger partial charge < -0.3 is 9.84 Å². The van der Waals surface area contributed by atoms with Gasteiger partial charge >= 0.3 is 0 Å². The number of hydrogen-bond acceptors (Lipinski definition) is 4. The van der Waals surface area contributed by atoms with Gasteiger partial charge in [0.25, 0.3) is 0 Å². The molecule has 0 amide bonds. The van der Waals surface area contributed by atoms with Gasteiger partial charge in [0.15, 0.2) is 0 Å². The first-order valence-electron chi connectivity index (χ1n) is 6.42. The summed E-state index contributed by atoms with van der Waals surface area (Å²) >= 11 is 0. The molecule has 0 saturated carbocycles. The quantitative estimate of drug-likeness (QED) is 0.806. The van der Waals surface area contributed by atoms with Crippen molar-refractivity contribution in [3.63, 3.8) is 0 Å². The second-order valence-electron chi connectivity index (χ2n) is 4.65. The molecule has 19 heavy (non-hydrogen) atoms. The molecule has 1 fully saturated rings. The van der Waals surface area contributed by atoms with E-state index in [4.69, 9.17) is 9.84 Å². The second-order valence-corrected chi connectivity index (χ2v) is 6.37. The summed E-state index contributed by atoms with van der Waals surface area (Å²) in [6.07, 6.45) is 2.15. The fourth-order valence-electron chi connectivity index (χ4n) is 2.03. The lowest BCUT2D eigenvalue weighted by Gasteiger charge is -2.11. The average molecular weight is 285 g/mol. The summed E-state index contributed by atoms with van der Waals surface area (Å²) < 4.78 is 32.0. The Balaban J connectivity index is 2.03. The van der Waals surface area contributed by atoms with Crippen LogP contribution in [-0.2, 0) is 21.2 Å². The van der Waals surface area contributed by atoms with Gasteiger partial charge in [-0.15, -0.1) is 0 Å². The number of sulfonamides is 1. The first-order chi connectivity index (χ1) is 9.12. The van der Waals surface area contributed by atoms with Gasteiger partial charge in [-0.1, -0.05) is 12.1 Å². The van der Waals surface area contributed by atoms with Gasteiger partial charge in [-0.3, -0.25) is 0 Å². The van der Waals surface area contributed by atoms with Crippen molar-refractivity contribution in [3.05, 3.63) is 29.8 Å². The molecule has 1 aliphatic heterocycles. The van der Waals surface area contributed by atoms with Gasteiger partial charge in [-0.25, -0.2) is 13.1 Å². The molecule has 106 valence electrons. The van der Waals surface area contributed by atoms with Crippen LogP contribution in [0.3, 0.4) is 0 Å². The number of rotatable bonds is 6. The normalized spacial score (nSPS) is 19.7. The Labute approximate surface area is 113 Å². The van der Waals surface area contributed by atoms with E-state index >= 15 is 0 Å². The number of nitrogens with one attached hydrogen (secondary N) is 1.